The summed E-state index contributed by atoms with van der Waals surface area (Å²) >= 11 is 7.38. The van der Waals surface area contributed by atoms with Gasteiger partial charge in [0.15, 0.2) is 11.2 Å². The van der Waals surface area contributed by atoms with Crippen molar-refractivity contribution in [2.24, 2.45) is 0 Å². The lowest BCUT2D eigenvalue weighted by molar-refractivity contribution is 0.0858. The molecular formula is C24H23ClN2O5S. The molecule has 2 amide bonds. The van der Waals surface area contributed by atoms with Gasteiger partial charge in [-0.05, 0) is 62.3 Å². The van der Waals surface area contributed by atoms with E-state index < -0.39 is 5.91 Å². The number of rotatable bonds is 5. The molecule has 1 aromatic carbocycles. The Balaban J connectivity index is 1.43. The molecule has 1 saturated heterocycles. The molecule has 3 aromatic rings. The van der Waals surface area contributed by atoms with E-state index in [4.69, 9.17) is 20.8 Å². The summed E-state index contributed by atoms with van der Waals surface area (Å²) < 4.78 is 11.3. The van der Waals surface area contributed by atoms with Gasteiger partial charge in [0.2, 0.25) is 0 Å². The molecule has 1 atom stereocenters. The van der Waals surface area contributed by atoms with Gasteiger partial charge >= 0.3 is 0 Å². The van der Waals surface area contributed by atoms with E-state index >= 15 is 0 Å². The molecule has 2 aromatic heterocycles. The number of thiophene rings is 1. The molecule has 172 valence electrons. The highest BCUT2D eigenvalue weighted by atomic mass is 35.5. The molecular weight excluding hydrogens is 464 g/mol. The second kappa shape index (κ2) is 9.29. The standard InChI is InChI=1S/C24H23ClN2O5S/c25-13-7-8-18-16(10-13)17(28)11-19(32-18)22(29)27-24-21(15-5-1-2-6-20(15)33-24)23(30)26-12-14-4-3-9-31-14/h7-8,10-11,14H,1-6,9,12H2,(H,26,30)(H,27,29)/t14-/m1/s1. The van der Waals surface area contributed by atoms with Crippen LogP contribution in [0.15, 0.2) is 33.5 Å². The Labute approximate surface area is 199 Å². The molecule has 1 aliphatic carbocycles. The van der Waals surface area contributed by atoms with Gasteiger partial charge in [-0.15, -0.1) is 11.3 Å². The van der Waals surface area contributed by atoms with Gasteiger partial charge in [0.1, 0.15) is 10.6 Å². The molecule has 1 fully saturated rings. The predicted molar refractivity (Wildman–Crippen MR) is 128 cm³/mol. The Hall–Kier alpha value is -2.68. The number of hydrogen-bond acceptors (Lipinski definition) is 6. The third-order valence-electron chi connectivity index (χ3n) is 6.05. The van der Waals surface area contributed by atoms with Crippen LogP contribution in [0.2, 0.25) is 5.02 Å². The van der Waals surface area contributed by atoms with Crippen LogP contribution in [-0.4, -0.2) is 31.1 Å². The van der Waals surface area contributed by atoms with E-state index in [1.807, 2.05) is 0 Å². The number of hydrogen-bond donors (Lipinski definition) is 2. The molecule has 0 bridgehead atoms. The van der Waals surface area contributed by atoms with Crippen LogP contribution < -0.4 is 16.1 Å². The minimum atomic E-state index is -0.573. The summed E-state index contributed by atoms with van der Waals surface area (Å²) in [5, 5.41) is 7.00. The second-order valence-corrected chi connectivity index (χ2v) is 9.87. The van der Waals surface area contributed by atoms with Crippen molar-refractivity contribution in [2.45, 2.75) is 44.6 Å². The van der Waals surface area contributed by atoms with Crippen LogP contribution in [0.3, 0.4) is 0 Å². The van der Waals surface area contributed by atoms with E-state index in [0.29, 0.717) is 27.5 Å². The number of ether oxygens (including phenoxy) is 1. The summed E-state index contributed by atoms with van der Waals surface area (Å²) in [4.78, 5) is 39.8. The molecule has 0 spiro atoms. The minimum absolute atomic E-state index is 0.0295. The van der Waals surface area contributed by atoms with Crippen LogP contribution in [-0.2, 0) is 17.6 Å². The first-order chi connectivity index (χ1) is 16.0. The van der Waals surface area contributed by atoms with Crippen LogP contribution in [0.4, 0.5) is 5.00 Å². The van der Waals surface area contributed by atoms with Crippen LogP contribution in [0.1, 0.15) is 57.0 Å². The molecule has 0 saturated carbocycles. The van der Waals surface area contributed by atoms with Gasteiger partial charge in [-0.3, -0.25) is 14.4 Å². The fraction of sp³-hybridized carbons (Fsp3) is 0.375. The topological polar surface area (TPSA) is 97.6 Å². The molecule has 9 heteroatoms. The first-order valence-electron chi connectivity index (χ1n) is 11.1. The van der Waals surface area contributed by atoms with E-state index in [9.17, 15) is 14.4 Å². The summed E-state index contributed by atoms with van der Waals surface area (Å²) in [6, 6.07) is 5.81. The van der Waals surface area contributed by atoms with Crippen molar-refractivity contribution in [3.63, 3.8) is 0 Å². The van der Waals surface area contributed by atoms with E-state index in [1.54, 1.807) is 12.1 Å². The highest BCUT2D eigenvalue weighted by Crippen LogP contribution is 2.38. The lowest BCUT2D eigenvalue weighted by Crippen LogP contribution is -2.32. The monoisotopic (exact) mass is 486 g/mol. The summed E-state index contributed by atoms with van der Waals surface area (Å²) in [7, 11) is 0. The summed E-state index contributed by atoms with van der Waals surface area (Å²) in [5.41, 5.74) is 1.43. The van der Waals surface area contributed by atoms with E-state index in [0.717, 1.165) is 61.6 Å². The number of benzene rings is 1. The summed E-state index contributed by atoms with van der Waals surface area (Å²) in [5.74, 6) is -0.905. The lowest BCUT2D eigenvalue weighted by atomic mass is 9.95. The Kier molecular flexibility index (Phi) is 6.23. The number of fused-ring (bicyclic) bond motifs is 2. The van der Waals surface area contributed by atoms with Crippen molar-refractivity contribution in [1.82, 2.24) is 5.32 Å². The number of halogens is 1. The van der Waals surface area contributed by atoms with Crippen molar-refractivity contribution in [3.8, 4) is 0 Å². The van der Waals surface area contributed by atoms with Crippen molar-refractivity contribution in [3.05, 3.63) is 61.3 Å². The zero-order valence-electron chi connectivity index (χ0n) is 17.9. The Morgan fingerprint density at radius 3 is 2.79 bits per heavy atom. The molecule has 0 unspecified atom stereocenters. The Bertz CT molecular complexity index is 1290. The third-order valence-corrected chi connectivity index (χ3v) is 7.50. The Morgan fingerprint density at radius 2 is 1.97 bits per heavy atom. The molecule has 2 N–H and O–H groups in total. The normalized spacial score (nSPS) is 17.7. The largest absolute Gasteiger partial charge is 0.451 e. The molecule has 1 aliphatic heterocycles. The molecule has 3 heterocycles. The zero-order chi connectivity index (χ0) is 22.9. The van der Waals surface area contributed by atoms with E-state index in [1.165, 1.54) is 17.4 Å². The summed E-state index contributed by atoms with van der Waals surface area (Å²) in [6.07, 6.45) is 5.70. The van der Waals surface area contributed by atoms with Gasteiger partial charge in [0.05, 0.1) is 17.1 Å². The maximum absolute atomic E-state index is 13.1. The number of anilines is 1. The van der Waals surface area contributed by atoms with Crippen molar-refractivity contribution in [1.29, 1.82) is 0 Å². The fourth-order valence-corrected chi connectivity index (χ4v) is 5.85. The first kappa shape index (κ1) is 22.1. The van der Waals surface area contributed by atoms with Gasteiger partial charge in [0.25, 0.3) is 11.8 Å². The van der Waals surface area contributed by atoms with Gasteiger partial charge in [-0.25, -0.2) is 0 Å². The van der Waals surface area contributed by atoms with Gasteiger partial charge in [0, 0.05) is 29.1 Å². The molecule has 2 aliphatic rings. The highest BCUT2D eigenvalue weighted by molar-refractivity contribution is 7.17. The SMILES string of the molecule is O=C(Nc1sc2c(c1C(=O)NC[C@H]1CCCO1)CCCC2)c1cc(=O)c2cc(Cl)ccc2o1. The van der Waals surface area contributed by atoms with Crippen molar-refractivity contribution < 1.29 is 18.7 Å². The lowest BCUT2D eigenvalue weighted by Gasteiger charge is -2.15. The average Bonchev–Trinajstić information content (AvgIpc) is 3.45. The van der Waals surface area contributed by atoms with Gasteiger partial charge in [-0.2, -0.15) is 0 Å². The molecule has 0 radical (unpaired) electrons. The average molecular weight is 487 g/mol. The first-order valence-corrected chi connectivity index (χ1v) is 12.3. The van der Waals surface area contributed by atoms with Crippen molar-refractivity contribution >= 4 is 50.7 Å². The molecule has 5 rings (SSSR count). The highest BCUT2D eigenvalue weighted by Gasteiger charge is 2.28. The predicted octanol–water partition coefficient (Wildman–Crippen LogP) is 4.55. The second-order valence-electron chi connectivity index (χ2n) is 8.33. The third kappa shape index (κ3) is 4.55. The van der Waals surface area contributed by atoms with E-state index in [-0.39, 0.29) is 28.8 Å². The van der Waals surface area contributed by atoms with Crippen LogP contribution >= 0.6 is 22.9 Å². The maximum atomic E-state index is 13.1. The van der Waals surface area contributed by atoms with Crippen LogP contribution in [0.25, 0.3) is 11.0 Å². The van der Waals surface area contributed by atoms with Crippen molar-refractivity contribution in [2.75, 3.05) is 18.5 Å². The smallest absolute Gasteiger partial charge is 0.292 e. The number of amides is 2. The van der Waals surface area contributed by atoms with Gasteiger partial charge < -0.3 is 19.8 Å². The number of aryl methyl sites for hydroxylation is 1. The number of nitrogens with one attached hydrogen (secondary N) is 2. The summed E-state index contributed by atoms with van der Waals surface area (Å²) in [6.45, 7) is 1.16. The van der Waals surface area contributed by atoms with Crippen LogP contribution in [0.5, 0.6) is 0 Å². The Morgan fingerprint density at radius 1 is 1.12 bits per heavy atom. The number of carbonyl (C=O) groups excluding carboxylic acids is 2. The zero-order valence-corrected chi connectivity index (χ0v) is 19.4. The quantitative estimate of drug-likeness (QED) is 0.551. The number of carbonyl (C=O) groups is 2. The van der Waals surface area contributed by atoms with Gasteiger partial charge in [-0.1, -0.05) is 11.6 Å². The fourth-order valence-electron chi connectivity index (χ4n) is 4.40. The molecule has 33 heavy (non-hydrogen) atoms. The van der Waals surface area contributed by atoms with Crippen LogP contribution in [0, 0.1) is 0 Å². The van der Waals surface area contributed by atoms with E-state index in [2.05, 4.69) is 10.6 Å². The molecule has 7 nitrogen and oxygen atoms in total. The maximum Gasteiger partial charge on any atom is 0.292 e. The minimum Gasteiger partial charge on any atom is -0.451 e.